The van der Waals surface area contributed by atoms with Crippen LogP contribution in [0.1, 0.15) is 0 Å². The van der Waals surface area contributed by atoms with E-state index in [4.69, 9.17) is 11.6 Å². The van der Waals surface area contributed by atoms with Gasteiger partial charge in [0.1, 0.15) is 5.69 Å². The normalized spacial score (nSPS) is 10.8. The fourth-order valence-corrected chi connectivity index (χ4v) is 2.41. The molecule has 1 aromatic carbocycles. The van der Waals surface area contributed by atoms with Crippen LogP contribution in [0, 0.1) is 0 Å². The van der Waals surface area contributed by atoms with Crippen molar-refractivity contribution in [2.75, 3.05) is 0 Å². The molecule has 2 aromatic heterocycles. The highest BCUT2D eigenvalue weighted by molar-refractivity contribution is 7.09. The van der Waals surface area contributed by atoms with Crippen molar-refractivity contribution in [2.24, 2.45) is 0 Å². The van der Waals surface area contributed by atoms with Crippen molar-refractivity contribution in [3.63, 3.8) is 0 Å². The topological polar surface area (TPSA) is 38.7 Å². The Bertz CT molecular complexity index is 645. The minimum absolute atomic E-state index is 0.273. The molecule has 16 heavy (non-hydrogen) atoms. The Hall–Kier alpha value is -1.52. The van der Waals surface area contributed by atoms with Crippen LogP contribution in [0.5, 0.6) is 0 Å². The number of pyridine rings is 1. The first-order valence-electron chi connectivity index (χ1n) is 4.68. The third kappa shape index (κ3) is 1.56. The Morgan fingerprint density at radius 3 is 2.81 bits per heavy atom. The molecule has 5 heteroatoms. The zero-order chi connectivity index (χ0) is 11.0. The van der Waals surface area contributed by atoms with Gasteiger partial charge in [-0.05, 0) is 34.6 Å². The van der Waals surface area contributed by atoms with Crippen LogP contribution in [-0.4, -0.2) is 14.3 Å². The van der Waals surface area contributed by atoms with Crippen molar-refractivity contribution >= 4 is 33.9 Å². The molecule has 0 aliphatic rings. The number of nitrogens with zero attached hydrogens (tertiary/aromatic N) is 3. The molecule has 0 bridgehead atoms. The summed E-state index contributed by atoms with van der Waals surface area (Å²) < 4.78 is 3.96. The summed E-state index contributed by atoms with van der Waals surface area (Å²) in [5, 5.41) is 3.23. The monoisotopic (exact) mass is 247 g/mol. The van der Waals surface area contributed by atoms with Crippen molar-refractivity contribution in [2.45, 2.75) is 0 Å². The highest BCUT2D eigenvalue weighted by atomic mass is 35.5. The molecule has 0 saturated heterocycles. The number of hydrogen-bond donors (Lipinski definition) is 0. The standard InChI is InChI=1S/C11H6ClN3S/c12-11-14-10(16-15-11)9-8-4-2-1-3-7(8)5-6-13-9/h1-6H. The van der Waals surface area contributed by atoms with Gasteiger partial charge in [-0.3, -0.25) is 4.98 Å². The zero-order valence-electron chi connectivity index (χ0n) is 8.09. The molecule has 0 amide bonds. The molecule has 0 saturated carbocycles. The predicted octanol–water partition coefficient (Wildman–Crippen LogP) is 3.41. The fourth-order valence-electron chi connectivity index (χ4n) is 1.59. The zero-order valence-corrected chi connectivity index (χ0v) is 9.66. The summed E-state index contributed by atoms with van der Waals surface area (Å²) in [6.45, 7) is 0. The van der Waals surface area contributed by atoms with Gasteiger partial charge in [0, 0.05) is 11.6 Å². The van der Waals surface area contributed by atoms with Gasteiger partial charge in [-0.15, -0.1) is 0 Å². The molecule has 3 nitrogen and oxygen atoms in total. The van der Waals surface area contributed by atoms with E-state index in [-0.39, 0.29) is 5.28 Å². The predicted molar refractivity (Wildman–Crippen MR) is 65.7 cm³/mol. The Kier molecular flexibility index (Phi) is 2.31. The Labute approximate surface area is 101 Å². The van der Waals surface area contributed by atoms with Crippen molar-refractivity contribution in [1.82, 2.24) is 14.3 Å². The van der Waals surface area contributed by atoms with E-state index in [1.165, 1.54) is 11.5 Å². The number of benzene rings is 1. The van der Waals surface area contributed by atoms with Gasteiger partial charge < -0.3 is 0 Å². The van der Waals surface area contributed by atoms with Crippen LogP contribution >= 0.6 is 23.1 Å². The summed E-state index contributed by atoms with van der Waals surface area (Å²) in [6, 6.07) is 10.0. The van der Waals surface area contributed by atoms with E-state index in [1.807, 2.05) is 30.3 Å². The lowest BCUT2D eigenvalue weighted by molar-refractivity contribution is 1.29. The minimum Gasteiger partial charge on any atom is -0.253 e. The molecule has 0 atom stereocenters. The first-order valence-corrected chi connectivity index (χ1v) is 5.83. The fraction of sp³-hybridized carbons (Fsp3) is 0. The van der Waals surface area contributed by atoms with Crippen LogP contribution in [-0.2, 0) is 0 Å². The molecule has 78 valence electrons. The van der Waals surface area contributed by atoms with Gasteiger partial charge in [-0.1, -0.05) is 24.3 Å². The first kappa shape index (κ1) is 9.69. The largest absolute Gasteiger partial charge is 0.253 e. The van der Waals surface area contributed by atoms with E-state index in [0.717, 1.165) is 21.5 Å². The van der Waals surface area contributed by atoms with Gasteiger partial charge in [0.25, 0.3) is 0 Å². The van der Waals surface area contributed by atoms with Crippen LogP contribution in [0.3, 0.4) is 0 Å². The maximum absolute atomic E-state index is 5.72. The molecule has 0 spiro atoms. The maximum Gasteiger partial charge on any atom is 0.234 e. The van der Waals surface area contributed by atoms with E-state index in [1.54, 1.807) is 6.20 Å². The number of rotatable bonds is 1. The van der Waals surface area contributed by atoms with E-state index < -0.39 is 0 Å². The van der Waals surface area contributed by atoms with Crippen LogP contribution in [0.2, 0.25) is 5.28 Å². The van der Waals surface area contributed by atoms with E-state index >= 15 is 0 Å². The summed E-state index contributed by atoms with van der Waals surface area (Å²) >= 11 is 6.98. The van der Waals surface area contributed by atoms with E-state index in [0.29, 0.717) is 0 Å². The van der Waals surface area contributed by atoms with Crippen LogP contribution in [0.25, 0.3) is 21.5 Å². The lowest BCUT2D eigenvalue weighted by Gasteiger charge is -2.00. The smallest absolute Gasteiger partial charge is 0.234 e. The second-order valence-corrected chi connectivity index (χ2v) is 4.34. The maximum atomic E-state index is 5.72. The minimum atomic E-state index is 0.273. The van der Waals surface area contributed by atoms with Gasteiger partial charge in [0.05, 0.1) is 0 Å². The Morgan fingerprint density at radius 1 is 1.12 bits per heavy atom. The van der Waals surface area contributed by atoms with Crippen molar-refractivity contribution in [1.29, 1.82) is 0 Å². The van der Waals surface area contributed by atoms with Crippen LogP contribution in [0.15, 0.2) is 36.5 Å². The summed E-state index contributed by atoms with van der Waals surface area (Å²) in [4.78, 5) is 8.48. The molecule has 0 radical (unpaired) electrons. The molecule has 2 heterocycles. The van der Waals surface area contributed by atoms with Crippen molar-refractivity contribution in [3.05, 3.63) is 41.8 Å². The summed E-state index contributed by atoms with van der Waals surface area (Å²) in [5.74, 6) is 0. The highest BCUT2D eigenvalue weighted by Crippen LogP contribution is 2.28. The van der Waals surface area contributed by atoms with Crippen LogP contribution in [0.4, 0.5) is 0 Å². The second kappa shape index (κ2) is 3.81. The van der Waals surface area contributed by atoms with Crippen LogP contribution < -0.4 is 0 Å². The summed E-state index contributed by atoms with van der Waals surface area (Å²) in [5.41, 5.74) is 0.836. The quantitative estimate of drug-likeness (QED) is 0.662. The number of fused-ring (bicyclic) bond motifs is 1. The molecule has 3 rings (SSSR count). The lowest BCUT2D eigenvalue weighted by Crippen LogP contribution is -1.84. The van der Waals surface area contributed by atoms with E-state index in [9.17, 15) is 0 Å². The molecule has 3 aromatic rings. The number of halogens is 1. The second-order valence-electron chi connectivity index (χ2n) is 3.25. The third-order valence-electron chi connectivity index (χ3n) is 2.28. The first-order chi connectivity index (χ1) is 7.84. The average molecular weight is 248 g/mol. The third-order valence-corrected chi connectivity index (χ3v) is 3.27. The number of aromatic nitrogens is 3. The molecule has 0 fully saturated rings. The SMILES string of the molecule is Clc1nsc(-c2nccc3ccccc23)n1. The lowest BCUT2D eigenvalue weighted by atomic mass is 10.1. The van der Waals surface area contributed by atoms with Crippen molar-refractivity contribution in [3.8, 4) is 10.7 Å². The Balaban J connectivity index is 2.31. The molecule has 0 N–H and O–H groups in total. The Morgan fingerprint density at radius 2 is 2.00 bits per heavy atom. The van der Waals surface area contributed by atoms with E-state index in [2.05, 4.69) is 14.3 Å². The average Bonchev–Trinajstić information content (AvgIpc) is 2.75. The van der Waals surface area contributed by atoms with Gasteiger partial charge in [-0.25, -0.2) is 4.98 Å². The molecular weight excluding hydrogens is 242 g/mol. The molecular formula is C11H6ClN3S. The summed E-state index contributed by atoms with van der Waals surface area (Å²) in [7, 11) is 0. The molecule has 0 aliphatic heterocycles. The summed E-state index contributed by atoms with van der Waals surface area (Å²) in [6.07, 6.45) is 1.77. The van der Waals surface area contributed by atoms with Crippen molar-refractivity contribution < 1.29 is 0 Å². The van der Waals surface area contributed by atoms with Gasteiger partial charge >= 0.3 is 0 Å². The highest BCUT2D eigenvalue weighted by Gasteiger charge is 2.09. The van der Waals surface area contributed by atoms with Gasteiger partial charge in [-0.2, -0.15) is 4.37 Å². The molecule has 0 unspecified atom stereocenters. The van der Waals surface area contributed by atoms with Gasteiger partial charge in [0.15, 0.2) is 5.01 Å². The van der Waals surface area contributed by atoms with Gasteiger partial charge in [0.2, 0.25) is 5.28 Å². The number of hydrogen-bond acceptors (Lipinski definition) is 4. The molecule has 0 aliphatic carbocycles.